The number of hydrogen-bond acceptors (Lipinski definition) is 3. The van der Waals surface area contributed by atoms with Gasteiger partial charge >= 0.3 is 5.97 Å². The Hall–Kier alpha value is -1.75. The van der Waals surface area contributed by atoms with Crippen molar-refractivity contribution in [2.45, 2.75) is 19.4 Å². The number of carbonyl (C=O) groups is 1. The van der Waals surface area contributed by atoms with E-state index in [1.165, 1.54) is 6.07 Å². The number of nitrogens with zero attached hydrogens (tertiary/aromatic N) is 1. The van der Waals surface area contributed by atoms with E-state index in [0.29, 0.717) is 10.0 Å². The standard InChI is InChI=1S/C15H13BrFNO2/c1-10(12-4-5-14(17)13(16)7-12)15(19)20-9-11-3-2-6-18-8-11/h2-8,10H,9H2,1H3. The van der Waals surface area contributed by atoms with Gasteiger partial charge in [-0.3, -0.25) is 9.78 Å². The Morgan fingerprint density at radius 2 is 2.25 bits per heavy atom. The number of pyridine rings is 1. The smallest absolute Gasteiger partial charge is 0.313 e. The minimum atomic E-state index is -0.455. The second kappa shape index (κ2) is 6.61. The summed E-state index contributed by atoms with van der Waals surface area (Å²) in [5.41, 5.74) is 1.53. The van der Waals surface area contributed by atoms with Crippen LogP contribution in [-0.4, -0.2) is 11.0 Å². The van der Waals surface area contributed by atoms with Crippen LogP contribution < -0.4 is 0 Å². The maximum absolute atomic E-state index is 13.2. The highest BCUT2D eigenvalue weighted by Crippen LogP contribution is 2.23. The van der Waals surface area contributed by atoms with E-state index in [1.807, 2.05) is 6.07 Å². The highest BCUT2D eigenvalue weighted by Gasteiger charge is 2.18. The minimum absolute atomic E-state index is 0.180. The highest BCUT2D eigenvalue weighted by atomic mass is 79.9. The predicted molar refractivity (Wildman–Crippen MR) is 76.5 cm³/mol. The summed E-state index contributed by atoms with van der Waals surface area (Å²) in [5.74, 6) is -1.17. The van der Waals surface area contributed by atoms with Crippen molar-refractivity contribution in [3.63, 3.8) is 0 Å². The zero-order valence-electron chi connectivity index (χ0n) is 10.8. The summed E-state index contributed by atoms with van der Waals surface area (Å²) < 4.78 is 18.7. The van der Waals surface area contributed by atoms with Crippen LogP contribution in [0.5, 0.6) is 0 Å². The minimum Gasteiger partial charge on any atom is -0.460 e. The van der Waals surface area contributed by atoms with Crippen LogP contribution in [-0.2, 0) is 16.1 Å². The molecular weight excluding hydrogens is 325 g/mol. The van der Waals surface area contributed by atoms with E-state index in [4.69, 9.17) is 4.74 Å². The number of rotatable bonds is 4. The van der Waals surface area contributed by atoms with Gasteiger partial charge in [-0.05, 0) is 46.6 Å². The second-order valence-corrected chi connectivity index (χ2v) is 5.22. The molecule has 0 aliphatic carbocycles. The maximum Gasteiger partial charge on any atom is 0.313 e. The molecule has 1 atom stereocenters. The SMILES string of the molecule is CC(C(=O)OCc1cccnc1)c1ccc(F)c(Br)c1. The summed E-state index contributed by atoms with van der Waals surface area (Å²) in [4.78, 5) is 15.9. The van der Waals surface area contributed by atoms with E-state index in [1.54, 1.807) is 37.5 Å². The van der Waals surface area contributed by atoms with E-state index in [9.17, 15) is 9.18 Å². The van der Waals surface area contributed by atoms with Crippen molar-refractivity contribution in [2.75, 3.05) is 0 Å². The van der Waals surface area contributed by atoms with Gasteiger partial charge in [0.05, 0.1) is 10.4 Å². The topological polar surface area (TPSA) is 39.2 Å². The molecule has 20 heavy (non-hydrogen) atoms. The van der Waals surface area contributed by atoms with E-state index >= 15 is 0 Å². The summed E-state index contributed by atoms with van der Waals surface area (Å²) in [6.07, 6.45) is 3.30. The van der Waals surface area contributed by atoms with E-state index in [2.05, 4.69) is 20.9 Å². The van der Waals surface area contributed by atoms with Crippen molar-refractivity contribution in [3.05, 3.63) is 64.1 Å². The van der Waals surface area contributed by atoms with Crippen molar-refractivity contribution >= 4 is 21.9 Å². The lowest BCUT2D eigenvalue weighted by atomic mass is 10.0. The largest absolute Gasteiger partial charge is 0.460 e. The fourth-order valence-corrected chi connectivity index (χ4v) is 2.08. The van der Waals surface area contributed by atoms with Crippen molar-refractivity contribution < 1.29 is 13.9 Å². The third-order valence-electron chi connectivity index (χ3n) is 2.90. The highest BCUT2D eigenvalue weighted by molar-refractivity contribution is 9.10. The van der Waals surface area contributed by atoms with E-state index in [0.717, 1.165) is 5.56 Å². The number of halogens is 2. The fourth-order valence-electron chi connectivity index (χ4n) is 1.68. The van der Waals surface area contributed by atoms with Gasteiger partial charge in [-0.1, -0.05) is 12.1 Å². The first-order valence-electron chi connectivity index (χ1n) is 6.08. The number of esters is 1. The first kappa shape index (κ1) is 14.7. The number of carbonyl (C=O) groups excluding carboxylic acids is 1. The van der Waals surface area contributed by atoms with Crippen LogP contribution in [0.2, 0.25) is 0 Å². The molecule has 0 aliphatic heterocycles. The first-order chi connectivity index (χ1) is 9.58. The molecule has 1 heterocycles. The monoisotopic (exact) mass is 337 g/mol. The molecule has 104 valence electrons. The van der Waals surface area contributed by atoms with Crippen LogP contribution in [0, 0.1) is 5.82 Å². The third kappa shape index (κ3) is 3.63. The molecule has 3 nitrogen and oxygen atoms in total. The Morgan fingerprint density at radius 3 is 2.90 bits per heavy atom. The molecule has 0 N–H and O–H groups in total. The van der Waals surface area contributed by atoms with Gasteiger partial charge in [-0.15, -0.1) is 0 Å². The molecule has 2 rings (SSSR count). The van der Waals surface area contributed by atoms with Crippen LogP contribution >= 0.6 is 15.9 Å². The molecule has 1 aromatic carbocycles. The Kier molecular flexibility index (Phi) is 4.84. The number of aromatic nitrogens is 1. The van der Waals surface area contributed by atoms with Gasteiger partial charge in [-0.2, -0.15) is 0 Å². The van der Waals surface area contributed by atoms with Crippen LogP contribution in [0.15, 0.2) is 47.2 Å². The first-order valence-corrected chi connectivity index (χ1v) is 6.87. The van der Waals surface area contributed by atoms with Crippen LogP contribution in [0.4, 0.5) is 4.39 Å². The molecule has 0 radical (unpaired) electrons. The zero-order chi connectivity index (χ0) is 14.5. The number of hydrogen-bond donors (Lipinski definition) is 0. The molecule has 0 saturated carbocycles. The van der Waals surface area contributed by atoms with Crippen molar-refractivity contribution in [1.29, 1.82) is 0 Å². The fraction of sp³-hybridized carbons (Fsp3) is 0.200. The van der Waals surface area contributed by atoms with Gasteiger partial charge in [0.1, 0.15) is 12.4 Å². The summed E-state index contributed by atoms with van der Waals surface area (Å²) in [6, 6.07) is 8.11. The molecule has 1 unspecified atom stereocenters. The van der Waals surface area contributed by atoms with Crippen LogP contribution in [0.1, 0.15) is 24.0 Å². The molecule has 0 amide bonds. The third-order valence-corrected chi connectivity index (χ3v) is 3.51. The lowest BCUT2D eigenvalue weighted by Gasteiger charge is -2.12. The average Bonchev–Trinajstić information content (AvgIpc) is 2.48. The Labute approximate surface area is 124 Å². The average molecular weight is 338 g/mol. The maximum atomic E-state index is 13.2. The van der Waals surface area contributed by atoms with Gasteiger partial charge in [0.15, 0.2) is 0 Å². The summed E-state index contributed by atoms with van der Waals surface area (Å²) in [6.45, 7) is 1.91. The van der Waals surface area contributed by atoms with Crippen molar-refractivity contribution in [3.8, 4) is 0 Å². The van der Waals surface area contributed by atoms with Gasteiger partial charge in [0.25, 0.3) is 0 Å². The predicted octanol–water partition coefficient (Wildman–Crippen LogP) is 3.83. The van der Waals surface area contributed by atoms with Crippen LogP contribution in [0.3, 0.4) is 0 Å². The molecule has 5 heteroatoms. The summed E-state index contributed by atoms with van der Waals surface area (Å²) in [5, 5.41) is 0. The molecular formula is C15H13BrFNO2. The van der Waals surface area contributed by atoms with E-state index < -0.39 is 5.92 Å². The second-order valence-electron chi connectivity index (χ2n) is 4.36. The van der Waals surface area contributed by atoms with Crippen molar-refractivity contribution in [2.24, 2.45) is 0 Å². The van der Waals surface area contributed by atoms with Gasteiger partial charge < -0.3 is 4.74 Å². The number of ether oxygens (including phenoxy) is 1. The number of benzene rings is 1. The summed E-state index contributed by atoms with van der Waals surface area (Å²) >= 11 is 3.10. The van der Waals surface area contributed by atoms with Gasteiger partial charge in [0.2, 0.25) is 0 Å². The molecule has 0 bridgehead atoms. The Morgan fingerprint density at radius 1 is 1.45 bits per heavy atom. The Balaban J connectivity index is 1.99. The van der Waals surface area contributed by atoms with Crippen LogP contribution in [0.25, 0.3) is 0 Å². The lowest BCUT2D eigenvalue weighted by molar-refractivity contribution is -0.146. The molecule has 2 aromatic rings. The quantitative estimate of drug-likeness (QED) is 0.796. The Bertz CT molecular complexity index is 604. The molecule has 0 spiro atoms. The summed E-state index contributed by atoms with van der Waals surface area (Å²) in [7, 11) is 0. The van der Waals surface area contributed by atoms with Gasteiger partial charge in [-0.25, -0.2) is 4.39 Å². The van der Waals surface area contributed by atoms with Crippen molar-refractivity contribution in [1.82, 2.24) is 4.98 Å². The molecule has 1 aromatic heterocycles. The zero-order valence-corrected chi connectivity index (χ0v) is 12.4. The molecule has 0 saturated heterocycles. The molecule has 0 aliphatic rings. The van der Waals surface area contributed by atoms with Gasteiger partial charge in [0, 0.05) is 18.0 Å². The lowest BCUT2D eigenvalue weighted by Crippen LogP contribution is -2.13. The normalized spacial score (nSPS) is 11.9. The molecule has 0 fully saturated rings. The van der Waals surface area contributed by atoms with E-state index in [-0.39, 0.29) is 18.4 Å².